The van der Waals surface area contributed by atoms with Crippen LogP contribution in [0, 0.1) is 13.8 Å². The minimum absolute atomic E-state index is 0.0474. The summed E-state index contributed by atoms with van der Waals surface area (Å²) in [6.07, 6.45) is 0. The number of hydrogen-bond donors (Lipinski definition) is 1. The predicted molar refractivity (Wildman–Crippen MR) is 121 cm³/mol. The molecule has 6 nitrogen and oxygen atoms in total. The van der Waals surface area contributed by atoms with Gasteiger partial charge in [0.1, 0.15) is 23.9 Å². The van der Waals surface area contributed by atoms with Crippen LogP contribution >= 0.6 is 0 Å². The van der Waals surface area contributed by atoms with Crippen molar-refractivity contribution >= 4 is 16.9 Å². The molecule has 1 amide bonds. The van der Waals surface area contributed by atoms with Gasteiger partial charge in [0.15, 0.2) is 0 Å². The highest BCUT2D eigenvalue weighted by atomic mass is 16.5. The molecular weight excluding hydrogens is 388 g/mol. The van der Waals surface area contributed by atoms with Crippen LogP contribution in [0.3, 0.4) is 0 Å². The van der Waals surface area contributed by atoms with E-state index in [4.69, 9.17) is 4.74 Å². The number of carbonyl (C=O) groups excluding carboxylic acids is 1. The van der Waals surface area contributed by atoms with E-state index in [-0.39, 0.29) is 5.91 Å². The molecule has 2 aromatic carbocycles. The van der Waals surface area contributed by atoms with Crippen molar-refractivity contribution in [1.29, 1.82) is 0 Å². The fraction of sp³-hybridized carbons (Fsp3) is 0.280. The van der Waals surface area contributed by atoms with E-state index in [9.17, 15) is 4.79 Å². The molecule has 1 aliphatic rings. The molecule has 1 aliphatic heterocycles. The van der Waals surface area contributed by atoms with E-state index in [0.29, 0.717) is 19.7 Å². The summed E-state index contributed by atoms with van der Waals surface area (Å²) in [6.45, 7) is 8.42. The van der Waals surface area contributed by atoms with Crippen LogP contribution in [-0.2, 0) is 13.1 Å². The lowest BCUT2D eigenvalue weighted by atomic mass is 10.0. The van der Waals surface area contributed by atoms with E-state index >= 15 is 0 Å². The number of nitrogens with zero attached hydrogens (tertiary/aromatic N) is 3. The number of carbonyl (C=O) groups is 1. The van der Waals surface area contributed by atoms with Gasteiger partial charge >= 0.3 is 0 Å². The topological polar surface area (TPSA) is 63.1 Å². The molecule has 5 rings (SSSR count). The zero-order valence-corrected chi connectivity index (χ0v) is 18.1. The van der Waals surface area contributed by atoms with Crippen molar-refractivity contribution in [3.05, 3.63) is 71.3 Å². The maximum absolute atomic E-state index is 13.3. The SMILES string of the molecule is CCn1c(C)ccc1C(=O)N1CCOc2ccc(-c3ccc4nc(C)[nH]c4c3)cc2C1. The molecule has 0 atom stereocenters. The summed E-state index contributed by atoms with van der Waals surface area (Å²) < 4.78 is 8.04. The molecular formula is C25H26N4O2. The van der Waals surface area contributed by atoms with Crippen molar-refractivity contribution in [1.82, 2.24) is 19.4 Å². The Labute approximate surface area is 181 Å². The molecule has 0 unspecified atom stereocenters. The minimum atomic E-state index is 0.0474. The van der Waals surface area contributed by atoms with Gasteiger partial charge in [0.05, 0.1) is 17.6 Å². The monoisotopic (exact) mass is 414 g/mol. The Balaban J connectivity index is 1.47. The number of aryl methyl sites for hydroxylation is 2. The number of aromatic amines is 1. The van der Waals surface area contributed by atoms with E-state index in [1.807, 2.05) is 43.0 Å². The second-order valence-electron chi connectivity index (χ2n) is 8.06. The summed E-state index contributed by atoms with van der Waals surface area (Å²) in [5, 5.41) is 0. The minimum Gasteiger partial charge on any atom is -0.491 e. The molecule has 0 spiro atoms. The number of fused-ring (bicyclic) bond motifs is 2. The normalized spacial score (nSPS) is 13.7. The average Bonchev–Trinajstić information content (AvgIpc) is 3.25. The molecule has 3 heterocycles. The molecule has 1 N–H and O–H groups in total. The van der Waals surface area contributed by atoms with Gasteiger partial charge in [-0.2, -0.15) is 0 Å². The number of amides is 1. The van der Waals surface area contributed by atoms with Crippen LogP contribution < -0.4 is 4.74 Å². The van der Waals surface area contributed by atoms with Crippen molar-refractivity contribution in [2.75, 3.05) is 13.2 Å². The lowest BCUT2D eigenvalue weighted by Gasteiger charge is -2.21. The van der Waals surface area contributed by atoms with Gasteiger partial charge in [-0.1, -0.05) is 12.1 Å². The fourth-order valence-electron chi connectivity index (χ4n) is 4.40. The molecule has 0 aliphatic carbocycles. The first-order chi connectivity index (χ1) is 15.0. The number of benzene rings is 2. The van der Waals surface area contributed by atoms with Crippen LogP contribution in [0.1, 0.15) is 34.5 Å². The van der Waals surface area contributed by atoms with Crippen LogP contribution in [0.5, 0.6) is 5.75 Å². The second kappa shape index (κ2) is 7.61. The third-order valence-corrected chi connectivity index (χ3v) is 6.00. The first-order valence-electron chi connectivity index (χ1n) is 10.7. The van der Waals surface area contributed by atoms with Gasteiger partial charge < -0.3 is 19.2 Å². The third-order valence-electron chi connectivity index (χ3n) is 6.00. The Morgan fingerprint density at radius 2 is 1.90 bits per heavy atom. The zero-order valence-electron chi connectivity index (χ0n) is 18.1. The van der Waals surface area contributed by atoms with E-state index in [1.165, 1.54) is 0 Å². The summed E-state index contributed by atoms with van der Waals surface area (Å²) >= 11 is 0. The maximum Gasteiger partial charge on any atom is 0.270 e. The van der Waals surface area contributed by atoms with Crippen LogP contribution in [0.15, 0.2) is 48.5 Å². The number of aromatic nitrogens is 3. The lowest BCUT2D eigenvalue weighted by molar-refractivity contribution is 0.0722. The highest BCUT2D eigenvalue weighted by Crippen LogP contribution is 2.31. The van der Waals surface area contributed by atoms with Crippen molar-refractivity contribution in [2.45, 2.75) is 33.9 Å². The highest BCUT2D eigenvalue weighted by molar-refractivity contribution is 5.93. The standard InChI is InChI=1S/C25H26N4O2/c1-4-29-16(2)5-9-23(29)25(30)28-11-12-31-24-10-7-18(13-20(24)15-28)19-6-8-21-22(14-19)27-17(3)26-21/h5-10,13-14H,4,11-12,15H2,1-3H3,(H,26,27). The van der Waals surface area contributed by atoms with Gasteiger partial charge in [-0.3, -0.25) is 4.79 Å². The van der Waals surface area contributed by atoms with Crippen LogP contribution in [0.2, 0.25) is 0 Å². The van der Waals surface area contributed by atoms with Gasteiger partial charge in [-0.25, -0.2) is 4.98 Å². The van der Waals surface area contributed by atoms with Gasteiger partial charge in [-0.05, 0) is 68.3 Å². The smallest absolute Gasteiger partial charge is 0.270 e. The molecule has 0 saturated carbocycles. The zero-order chi connectivity index (χ0) is 21.5. The van der Waals surface area contributed by atoms with E-state index in [2.05, 4.69) is 45.7 Å². The maximum atomic E-state index is 13.3. The first kappa shape index (κ1) is 19.4. The summed E-state index contributed by atoms with van der Waals surface area (Å²) in [5.74, 6) is 1.80. The largest absolute Gasteiger partial charge is 0.491 e. The van der Waals surface area contributed by atoms with Crippen LogP contribution in [-0.4, -0.2) is 38.5 Å². The van der Waals surface area contributed by atoms with E-state index in [1.54, 1.807) is 0 Å². The van der Waals surface area contributed by atoms with Gasteiger partial charge in [0.25, 0.3) is 5.91 Å². The van der Waals surface area contributed by atoms with Gasteiger partial charge in [0.2, 0.25) is 0 Å². The van der Waals surface area contributed by atoms with Crippen molar-refractivity contribution < 1.29 is 9.53 Å². The number of imidazole rings is 1. The predicted octanol–water partition coefficient (Wildman–Crippen LogP) is 4.70. The molecule has 0 saturated heterocycles. The number of H-pyrrole nitrogens is 1. The van der Waals surface area contributed by atoms with E-state index < -0.39 is 0 Å². The Bertz CT molecular complexity index is 1280. The molecule has 158 valence electrons. The van der Waals surface area contributed by atoms with Crippen LogP contribution in [0.4, 0.5) is 0 Å². The summed E-state index contributed by atoms with van der Waals surface area (Å²) in [6, 6.07) is 16.4. The Hall–Kier alpha value is -3.54. The molecule has 0 radical (unpaired) electrons. The second-order valence-corrected chi connectivity index (χ2v) is 8.06. The highest BCUT2D eigenvalue weighted by Gasteiger charge is 2.24. The van der Waals surface area contributed by atoms with Crippen LogP contribution in [0.25, 0.3) is 22.2 Å². The molecule has 0 bridgehead atoms. The fourth-order valence-corrected chi connectivity index (χ4v) is 4.40. The molecule has 31 heavy (non-hydrogen) atoms. The molecule has 6 heteroatoms. The quantitative estimate of drug-likeness (QED) is 0.528. The summed E-state index contributed by atoms with van der Waals surface area (Å²) in [7, 11) is 0. The number of hydrogen-bond acceptors (Lipinski definition) is 3. The number of nitrogens with one attached hydrogen (secondary N) is 1. The Morgan fingerprint density at radius 3 is 2.74 bits per heavy atom. The first-order valence-corrected chi connectivity index (χ1v) is 10.7. The van der Waals surface area contributed by atoms with Crippen molar-refractivity contribution in [3.63, 3.8) is 0 Å². The third kappa shape index (κ3) is 3.48. The Morgan fingerprint density at radius 1 is 1.10 bits per heavy atom. The Kier molecular flexibility index (Phi) is 4.77. The molecule has 0 fully saturated rings. The summed E-state index contributed by atoms with van der Waals surface area (Å²) in [5.41, 5.74) is 7.05. The molecule has 4 aromatic rings. The van der Waals surface area contributed by atoms with Gasteiger partial charge in [0, 0.05) is 24.3 Å². The van der Waals surface area contributed by atoms with Gasteiger partial charge in [-0.15, -0.1) is 0 Å². The van der Waals surface area contributed by atoms with Crippen molar-refractivity contribution in [2.24, 2.45) is 0 Å². The van der Waals surface area contributed by atoms with E-state index in [0.717, 1.165) is 57.2 Å². The summed E-state index contributed by atoms with van der Waals surface area (Å²) in [4.78, 5) is 23.0. The van der Waals surface area contributed by atoms with Crippen molar-refractivity contribution in [3.8, 4) is 16.9 Å². The number of rotatable bonds is 3. The lowest BCUT2D eigenvalue weighted by Crippen LogP contribution is -2.33. The average molecular weight is 415 g/mol. The molecule has 2 aromatic heterocycles. The number of ether oxygens (including phenoxy) is 1.